The molecule has 0 aliphatic heterocycles. The van der Waals surface area contributed by atoms with Crippen molar-refractivity contribution in [3.8, 4) is 0 Å². The van der Waals surface area contributed by atoms with Gasteiger partial charge in [0.2, 0.25) is 0 Å². The van der Waals surface area contributed by atoms with Gasteiger partial charge in [0.25, 0.3) is 0 Å². The zero-order valence-corrected chi connectivity index (χ0v) is 12.9. The topological polar surface area (TPSA) is 0 Å². The third-order valence-electron chi connectivity index (χ3n) is 3.62. The van der Waals surface area contributed by atoms with Crippen molar-refractivity contribution in [2.45, 2.75) is 79.4 Å². The van der Waals surface area contributed by atoms with Gasteiger partial charge >= 0.3 is 0 Å². The van der Waals surface area contributed by atoms with Crippen LogP contribution in [0.3, 0.4) is 0 Å². The fourth-order valence-corrected chi connectivity index (χ4v) is 2.17. The molecule has 2 unspecified atom stereocenters. The summed E-state index contributed by atoms with van der Waals surface area (Å²) in [5, 5.41) is 0. The highest BCUT2D eigenvalue weighted by Gasteiger charge is 2.10. The van der Waals surface area contributed by atoms with Crippen LogP contribution in [-0.4, -0.2) is 7.28 Å². The summed E-state index contributed by atoms with van der Waals surface area (Å²) in [6, 6.07) is 0. The molecule has 0 saturated heterocycles. The molecule has 0 aromatic heterocycles. The highest BCUT2D eigenvalue weighted by Crippen LogP contribution is 2.24. The fraction of sp³-hybridized carbons (Fsp3) is 0.750. The van der Waals surface area contributed by atoms with Crippen LogP contribution >= 0.6 is 0 Å². The summed E-state index contributed by atoms with van der Waals surface area (Å²) in [4.78, 5) is 0. The standard InChI is InChI=1S/C16H30B/c1-8-12(3)10-15(6)17-16(7)11-14(5)13(4)9-2/h10,15-16H,8-9,11H2,1-7H3/b12-10-,14-13-. The molecule has 0 spiro atoms. The van der Waals surface area contributed by atoms with Crippen LogP contribution in [-0.2, 0) is 0 Å². The van der Waals surface area contributed by atoms with E-state index in [1.165, 1.54) is 24.8 Å². The van der Waals surface area contributed by atoms with Gasteiger partial charge in [-0.1, -0.05) is 62.1 Å². The van der Waals surface area contributed by atoms with E-state index >= 15 is 0 Å². The first kappa shape index (κ1) is 16.5. The number of rotatable bonds is 7. The smallest absolute Gasteiger partial charge is 0.0907 e. The van der Waals surface area contributed by atoms with Crippen molar-refractivity contribution in [1.29, 1.82) is 0 Å². The Bertz CT molecular complexity index is 273. The van der Waals surface area contributed by atoms with Gasteiger partial charge in [-0.15, -0.1) is 0 Å². The van der Waals surface area contributed by atoms with Crippen LogP contribution in [0.2, 0.25) is 11.6 Å². The first-order valence-corrected chi connectivity index (χ1v) is 7.08. The summed E-state index contributed by atoms with van der Waals surface area (Å²) in [7, 11) is 2.48. The van der Waals surface area contributed by atoms with Gasteiger partial charge in [-0.2, -0.15) is 0 Å². The number of hydrogen-bond acceptors (Lipinski definition) is 0. The predicted octanol–water partition coefficient (Wildman–Crippen LogP) is 5.80. The van der Waals surface area contributed by atoms with E-state index in [1.54, 1.807) is 11.1 Å². The summed E-state index contributed by atoms with van der Waals surface area (Å²) < 4.78 is 0. The Kier molecular flexibility index (Phi) is 8.38. The second kappa shape index (κ2) is 8.61. The lowest BCUT2D eigenvalue weighted by Gasteiger charge is -2.16. The molecule has 2 atom stereocenters. The summed E-state index contributed by atoms with van der Waals surface area (Å²) in [5.74, 6) is 1.27. The summed E-state index contributed by atoms with van der Waals surface area (Å²) in [6.07, 6.45) is 5.95. The van der Waals surface area contributed by atoms with Crippen molar-refractivity contribution in [2.24, 2.45) is 0 Å². The average Bonchev–Trinajstić information content (AvgIpc) is 2.26. The Hall–Kier alpha value is -0.455. The molecule has 0 aromatic carbocycles. The second-order valence-electron chi connectivity index (χ2n) is 5.51. The maximum Gasteiger partial charge on any atom is 0.122 e. The van der Waals surface area contributed by atoms with Crippen LogP contribution in [0.25, 0.3) is 0 Å². The van der Waals surface area contributed by atoms with Crippen LogP contribution in [0.5, 0.6) is 0 Å². The van der Waals surface area contributed by atoms with E-state index in [9.17, 15) is 0 Å². The Morgan fingerprint density at radius 1 is 1.00 bits per heavy atom. The van der Waals surface area contributed by atoms with Crippen molar-refractivity contribution < 1.29 is 0 Å². The molecule has 0 amide bonds. The lowest BCUT2D eigenvalue weighted by Crippen LogP contribution is -2.06. The van der Waals surface area contributed by atoms with Gasteiger partial charge < -0.3 is 0 Å². The molecule has 0 aromatic rings. The molecule has 17 heavy (non-hydrogen) atoms. The number of allylic oxidation sites excluding steroid dienone is 4. The molecule has 0 N–H and O–H groups in total. The maximum atomic E-state index is 2.48. The summed E-state index contributed by atoms with van der Waals surface area (Å²) in [6.45, 7) is 15.8. The van der Waals surface area contributed by atoms with Crippen LogP contribution in [0.1, 0.15) is 67.7 Å². The third-order valence-corrected chi connectivity index (χ3v) is 3.62. The zero-order chi connectivity index (χ0) is 13.4. The molecular weight excluding hydrogens is 203 g/mol. The Balaban J connectivity index is 4.23. The largest absolute Gasteiger partial charge is 0.122 e. The first-order chi connectivity index (χ1) is 7.90. The van der Waals surface area contributed by atoms with Gasteiger partial charge in [0.05, 0.1) is 0 Å². The SMILES string of the molecule is CC/C(C)=C\C(C)[B]C(C)C/C(C)=C(/C)CC. The highest BCUT2D eigenvalue weighted by atomic mass is 14.0. The minimum atomic E-state index is 0.597. The van der Waals surface area contributed by atoms with E-state index < -0.39 is 0 Å². The van der Waals surface area contributed by atoms with Crippen molar-refractivity contribution in [3.63, 3.8) is 0 Å². The van der Waals surface area contributed by atoms with Gasteiger partial charge in [0.1, 0.15) is 7.28 Å². The molecule has 0 heterocycles. The van der Waals surface area contributed by atoms with E-state index in [0.29, 0.717) is 11.6 Å². The van der Waals surface area contributed by atoms with Crippen molar-refractivity contribution in [2.75, 3.05) is 0 Å². The van der Waals surface area contributed by atoms with Gasteiger partial charge in [-0.25, -0.2) is 0 Å². The third kappa shape index (κ3) is 7.47. The number of hydrogen-bond donors (Lipinski definition) is 0. The molecule has 0 rings (SSSR count). The molecule has 0 fully saturated rings. The van der Waals surface area contributed by atoms with E-state index in [4.69, 9.17) is 0 Å². The van der Waals surface area contributed by atoms with E-state index in [2.05, 4.69) is 61.8 Å². The molecule has 1 radical (unpaired) electrons. The van der Waals surface area contributed by atoms with Gasteiger partial charge in [-0.3, -0.25) is 0 Å². The lowest BCUT2D eigenvalue weighted by molar-refractivity contribution is 0.849. The van der Waals surface area contributed by atoms with E-state index in [-0.39, 0.29) is 0 Å². The van der Waals surface area contributed by atoms with Crippen LogP contribution < -0.4 is 0 Å². The minimum absolute atomic E-state index is 0.597. The second-order valence-corrected chi connectivity index (χ2v) is 5.51. The summed E-state index contributed by atoms with van der Waals surface area (Å²) >= 11 is 0. The van der Waals surface area contributed by atoms with Crippen LogP contribution in [0.15, 0.2) is 22.8 Å². The molecule has 1 heteroatoms. The molecule has 0 aliphatic carbocycles. The predicted molar refractivity (Wildman–Crippen MR) is 81.9 cm³/mol. The molecule has 0 bridgehead atoms. The Morgan fingerprint density at radius 3 is 2.06 bits per heavy atom. The minimum Gasteiger partial charge on any atom is -0.0907 e. The first-order valence-electron chi connectivity index (χ1n) is 7.08. The summed E-state index contributed by atoms with van der Waals surface area (Å²) in [5.41, 5.74) is 4.62. The molecular formula is C16H30B. The van der Waals surface area contributed by atoms with Crippen molar-refractivity contribution in [1.82, 2.24) is 0 Å². The van der Waals surface area contributed by atoms with Crippen molar-refractivity contribution in [3.05, 3.63) is 22.8 Å². The van der Waals surface area contributed by atoms with E-state index in [0.717, 1.165) is 0 Å². The van der Waals surface area contributed by atoms with Gasteiger partial charge in [0, 0.05) is 0 Å². The maximum absolute atomic E-state index is 2.48. The van der Waals surface area contributed by atoms with Gasteiger partial charge in [0.15, 0.2) is 0 Å². The molecule has 0 nitrogen and oxygen atoms in total. The van der Waals surface area contributed by atoms with Gasteiger partial charge in [-0.05, 0) is 40.0 Å². The molecule has 0 aliphatic rings. The van der Waals surface area contributed by atoms with E-state index in [1.807, 2.05) is 0 Å². The molecule has 0 saturated carbocycles. The van der Waals surface area contributed by atoms with Crippen molar-refractivity contribution >= 4 is 7.28 Å². The average molecular weight is 233 g/mol. The Morgan fingerprint density at radius 2 is 1.59 bits per heavy atom. The van der Waals surface area contributed by atoms with Crippen LogP contribution in [0.4, 0.5) is 0 Å². The normalized spacial score (nSPS) is 17.5. The monoisotopic (exact) mass is 233 g/mol. The fourth-order valence-electron chi connectivity index (χ4n) is 2.17. The quantitative estimate of drug-likeness (QED) is 0.385. The van der Waals surface area contributed by atoms with Crippen LogP contribution in [0, 0.1) is 0 Å². The molecule has 97 valence electrons. The highest BCUT2D eigenvalue weighted by molar-refractivity contribution is 6.40. The zero-order valence-electron chi connectivity index (χ0n) is 12.9. The lowest BCUT2D eigenvalue weighted by atomic mass is 9.54. The Labute approximate surface area is 110 Å².